The first-order valence-corrected chi connectivity index (χ1v) is 10.0. The number of aromatic amines is 1. The molecule has 6 heteroatoms. The number of hydrogen-bond acceptors (Lipinski definition) is 4. The van der Waals surface area contributed by atoms with Gasteiger partial charge in [-0.1, -0.05) is 25.6 Å². The van der Waals surface area contributed by atoms with Crippen molar-refractivity contribution in [3.63, 3.8) is 0 Å². The number of hydrogen-bond donors (Lipinski definition) is 1. The summed E-state index contributed by atoms with van der Waals surface area (Å²) in [4.78, 5) is 15.4. The zero-order valence-electron chi connectivity index (χ0n) is 12.5. The molecule has 0 atom stereocenters. The first-order chi connectivity index (χ1) is 9.89. The molecule has 0 aromatic carbocycles. The molecule has 1 N–H and O–H groups in total. The molecule has 0 bridgehead atoms. The van der Waals surface area contributed by atoms with Crippen LogP contribution in [0.4, 0.5) is 0 Å². The molecule has 0 aliphatic carbocycles. The predicted octanol–water partition coefficient (Wildman–Crippen LogP) is 2.37. The second-order valence-corrected chi connectivity index (χ2v) is 10.3. The van der Waals surface area contributed by atoms with Gasteiger partial charge in [-0.15, -0.1) is 5.54 Å². The van der Waals surface area contributed by atoms with E-state index in [0.717, 1.165) is 11.1 Å². The van der Waals surface area contributed by atoms with Crippen LogP contribution >= 0.6 is 0 Å². The summed E-state index contributed by atoms with van der Waals surface area (Å²) in [7, 11) is -0.0992. The van der Waals surface area contributed by atoms with Crippen molar-refractivity contribution in [2.24, 2.45) is 0 Å². The van der Waals surface area contributed by atoms with Crippen LogP contribution in [-0.4, -0.2) is 36.3 Å². The molecule has 0 aliphatic rings. The van der Waals surface area contributed by atoms with Crippen LogP contribution in [0, 0.1) is 11.5 Å². The number of H-pyrrole nitrogens is 1. The number of nitrogens with zero attached hydrogens (tertiary/aromatic N) is 2. The topological polar surface area (TPSA) is 67.9 Å². The first-order valence-electron chi connectivity index (χ1n) is 6.53. The summed E-state index contributed by atoms with van der Waals surface area (Å²) in [5, 5.41) is 7.95. The average molecular weight is 299 g/mol. The molecule has 2 aromatic heterocycles. The van der Waals surface area contributed by atoms with Crippen LogP contribution < -0.4 is 0 Å². The van der Waals surface area contributed by atoms with Crippen molar-refractivity contribution in [3.8, 4) is 11.5 Å². The molecular weight excluding hydrogens is 282 g/mol. The summed E-state index contributed by atoms with van der Waals surface area (Å²) in [6.07, 6.45) is 2.92. The number of ether oxygens (including phenoxy) is 1. The van der Waals surface area contributed by atoms with Crippen molar-refractivity contribution in [2.45, 2.75) is 19.6 Å². The van der Waals surface area contributed by atoms with Gasteiger partial charge in [0, 0.05) is 6.08 Å². The van der Waals surface area contributed by atoms with Gasteiger partial charge in [0.2, 0.25) is 0 Å². The highest BCUT2D eigenvalue weighted by atomic mass is 28.3. The lowest BCUT2D eigenvalue weighted by Gasteiger charge is -2.02. The Kier molecular flexibility index (Phi) is 4.24. The molecule has 5 nitrogen and oxygen atoms in total. The second kappa shape index (κ2) is 5.93. The lowest BCUT2D eigenvalue weighted by atomic mass is 10.2. The normalized spacial score (nSPS) is 11.4. The summed E-state index contributed by atoms with van der Waals surface area (Å²) in [6.45, 7) is 6.56. The largest absolute Gasteiger partial charge is 0.466 e. The maximum Gasteiger partial charge on any atom is 0.330 e. The Morgan fingerprint density at radius 1 is 1.38 bits per heavy atom. The van der Waals surface area contributed by atoms with Gasteiger partial charge in [0.25, 0.3) is 0 Å². The van der Waals surface area contributed by atoms with Crippen LogP contribution in [0.3, 0.4) is 0 Å². The van der Waals surface area contributed by atoms with E-state index in [1.54, 1.807) is 6.08 Å². The number of aromatic nitrogens is 3. The van der Waals surface area contributed by atoms with E-state index in [2.05, 4.69) is 51.0 Å². The van der Waals surface area contributed by atoms with E-state index in [-0.39, 0.29) is 0 Å². The summed E-state index contributed by atoms with van der Waals surface area (Å²) in [6, 6.07) is 3.72. The van der Waals surface area contributed by atoms with Gasteiger partial charge in [-0.2, -0.15) is 5.10 Å². The maximum atomic E-state index is 11.1. The van der Waals surface area contributed by atoms with Crippen LogP contribution in [0.5, 0.6) is 0 Å². The minimum Gasteiger partial charge on any atom is -0.466 e. The highest BCUT2D eigenvalue weighted by Gasteiger charge is 2.09. The summed E-state index contributed by atoms with van der Waals surface area (Å²) < 4.78 is 4.54. The van der Waals surface area contributed by atoms with E-state index < -0.39 is 14.0 Å². The lowest BCUT2D eigenvalue weighted by molar-refractivity contribution is -0.134. The van der Waals surface area contributed by atoms with Crippen LogP contribution in [0.15, 0.2) is 18.2 Å². The van der Waals surface area contributed by atoms with Gasteiger partial charge < -0.3 is 4.74 Å². The molecule has 0 aliphatic heterocycles. The van der Waals surface area contributed by atoms with Crippen LogP contribution in [0.2, 0.25) is 19.6 Å². The van der Waals surface area contributed by atoms with E-state index in [1.807, 2.05) is 12.1 Å². The molecule has 0 unspecified atom stereocenters. The highest BCUT2D eigenvalue weighted by Crippen LogP contribution is 2.14. The van der Waals surface area contributed by atoms with Gasteiger partial charge in [-0.25, -0.2) is 9.78 Å². The summed E-state index contributed by atoms with van der Waals surface area (Å²) >= 11 is 0. The predicted molar refractivity (Wildman–Crippen MR) is 85.2 cm³/mol. The van der Waals surface area contributed by atoms with E-state index in [0.29, 0.717) is 11.3 Å². The summed E-state index contributed by atoms with van der Waals surface area (Å²) in [5.74, 6) is 2.73. The van der Waals surface area contributed by atoms with Gasteiger partial charge in [-0.05, 0) is 18.2 Å². The van der Waals surface area contributed by atoms with Gasteiger partial charge in [0.05, 0.1) is 18.2 Å². The second-order valence-electron chi connectivity index (χ2n) is 5.56. The van der Waals surface area contributed by atoms with E-state index >= 15 is 0 Å². The molecule has 0 fully saturated rings. The number of pyridine rings is 1. The fourth-order valence-corrected chi connectivity index (χ4v) is 2.07. The number of carbonyl (C=O) groups excluding carboxylic acids is 1. The minimum absolute atomic E-state index is 0.416. The molecule has 0 saturated carbocycles. The molecule has 108 valence electrons. The Labute approximate surface area is 124 Å². The molecule has 2 aromatic rings. The Morgan fingerprint density at radius 3 is 2.81 bits per heavy atom. The Morgan fingerprint density at radius 2 is 2.14 bits per heavy atom. The molecule has 2 rings (SSSR count). The standard InChI is InChI=1S/C15H17N3O2Si/c1-20-14(19)8-6-11-5-7-12-13(9-10-21(2,3)4)17-18-15(12)16-11/h5-8H,1-4H3,(H,16,17,18)/b8-6+. The summed E-state index contributed by atoms with van der Waals surface area (Å²) in [5.41, 5.74) is 5.30. The van der Waals surface area contributed by atoms with E-state index in [9.17, 15) is 4.79 Å². The lowest BCUT2D eigenvalue weighted by Crippen LogP contribution is -2.16. The zero-order chi connectivity index (χ0) is 15.5. The first kappa shape index (κ1) is 15.0. The van der Waals surface area contributed by atoms with Gasteiger partial charge >= 0.3 is 5.97 Å². The van der Waals surface area contributed by atoms with Crippen molar-refractivity contribution in [1.29, 1.82) is 0 Å². The number of methoxy groups -OCH3 is 1. The Bertz CT molecular complexity index is 761. The number of nitrogens with one attached hydrogen (secondary N) is 1. The van der Waals surface area contributed by atoms with Crippen LogP contribution in [0.25, 0.3) is 17.1 Å². The van der Waals surface area contributed by atoms with Gasteiger partial charge in [0.15, 0.2) is 5.65 Å². The van der Waals surface area contributed by atoms with Crippen molar-refractivity contribution in [1.82, 2.24) is 15.2 Å². The van der Waals surface area contributed by atoms with Crippen LogP contribution in [0.1, 0.15) is 11.4 Å². The molecule has 0 radical (unpaired) electrons. The molecular formula is C15H17N3O2Si. The van der Waals surface area contributed by atoms with Gasteiger partial charge in [-0.3, -0.25) is 5.10 Å². The van der Waals surface area contributed by atoms with Crippen molar-refractivity contribution in [3.05, 3.63) is 29.6 Å². The van der Waals surface area contributed by atoms with E-state index in [1.165, 1.54) is 13.2 Å². The number of rotatable bonds is 2. The third kappa shape index (κ3) is 4.03. The molecule has 0 amide bonds. The van der Waals surface area contributed by atoms with Crippen molar-refractivity contribution >= 4 is 31.2 Å². The molecule has 0 saturated heterocycles. The van der Waals surface area contributed by atoms with Gasteiger partial charge in [0.1, 0.15) is 13.8 Å². The third-order valence-electron chi connectivity index (χ3n) is 2.59. The SMILES string of the molecule is COC(=O)/C=C/c1ccc2c(C#C[Si](C)(C)C)[nH]nc2n1. The highest BCUT2D eigenvalue weighted by molar-refractivity contribution is 6.83. The maximum absolute atomic E-state index is 11.1. The molecule has 2 heterocycles. The van der Waals surface area contributed by atoms with Crippen molar-refractivity contribution in [2.75, 3.05) is 7.11 Å². The number of fused-ring (bicyclic) bond motifs is 1. The fourth-order valence-electron chi connectivity index (χ4n) is 1.57. The molecule has 21 heavy (non-hydrogen) atoms. The number of esters is 1. The monoisotopic (exact) mass is 299 g/mol. The number of carbonyl (C=O) groups is 1. The Hall–Kier alpha value is -2.39. The minimum atomic E-state index is -1.43. The Balaban J connectivity index is 2.33. The smallest absolute Gasteiger partial charge is 0.330 e. The molecule has 0 spiro atoms. The van der Waals surface area contributed by atoms with E-state index in [4.69, 9.17) is 0 Å². The third-order valence-corrected chi connectivity index (χ3v) is 3.47. The van der Waals surface area contributed by atoms with Crippen LogP contribution in [-0.2, 0) is 9.53 Å². The fraction of sp³-hybridized carbons (Fsp3) is 0.267. The van der Waals surface area contributed by atoms with Crippen molar-refractivity contribution < 1.29 is 9.53 Å². The zero-order valence-corrected chi connectivity index (χ0v) is 13.5. The average Bonchev–Trinajstić information content (AvgIpc) is 2.84. The quantitative estimate of drug-likeness (QED) is 0.400.